The molecule has 11 heteroatoms. The molecule has 3 aromatic carbocycles. The van der Waals surface area contributed by atoms with Gasteiger partial charge in [-0.1, -0.05) is 30.3 Å². The third kappa shape index (κ3) is 5.51. The first-order valence-corrected chi connectivity index (χ1v) is 14.0. The standard InChI is InChI=1S/C31H32N8O3/c1-21-18-24-20-27(31(40)32-28(24)19-22(21)2)29(30-33-34-35-38(30)13-12-23-6-4-3-5-7-23)37-16-14-36(15-17-37)25-8-10-26(11-9-25)39(41)42/h3-11,18-20,29H,12-17H2,1-2H3,(H,32,40)/t29-/m0/s1. The molecule has 2 aromatic heterocycles. The number of fused-ring (bicyclic) bond motifs is 1. The number of H-pyrrole nitrogens is 1. The zero-order valence-corrected chi connectivity index (χ0v) is 23.6. The van der Waals surface area contributed by atoms with E-state index in [1.54, 1.807) is 12.1 Å². The van der Waals surface area contributed by atoms with Gasteiger partial charge in [0.25, 0.3) is 11.2 Å². The van der Waals surface area contributed by atoms with E-state index in [4.69, 9.17) is 0 Å². The third-order valence-electron chi connectivity index (χ3n) is 8.15. The monoisotopic (exact) mass is 564 g/mol. The molecule has 0 bridgehead atoms. The molecule has 0 saturated carbocycles. The molecule has 0 aliphatic carbocycles. The topological polar surface area (TPSA) is 126 Å². The maximum absolute atomic E-state index is 13.6. The second-order valence-electron chi connectivity index (χ2n) is 10.8. The molecule has 5 aromatic rings. The quantitative estimate of drug-likeness (QED) is 0.220. The molecule has 1 fully saturated rings. The number of aryl methyl sites for hydroxylation is 4. The predicted octanol–water partition coefficient (Wildman–Crippen LogP) is 4.19. The van der Waals surface area contributed by atoms with Crippen LogP contribution in [-0.2, 0) is 13.0 Å². The Morgan fingerprint density at radius 1 is 0.952 bits per heavy atom. The highest BCUT2D eigenvalue weighted by atomic mass is 16.6. The number of aromatic amines is 1. The summed E-state index contributed by atoms with van der Waals surface area (Å²) in [5.41, 5.74) is 5.70. The molecule has 1 saturated heterocycles. The molecule has 6 rings (SSSR count). The van der Waals surface area contributed by atoms with Crippen LogP contribution in [-0.4, -0.2) is 61.2 Å². The number of nitro groups is 1. The van der Waals surface area contributed by atoms with E-state index in [1.165, 1.54) is 17.7 Å². The predicted molar refractivity (Wildman–Crippen MR) is 161 cm³/mol. The van der Waals surface area contributed by atoms with E-state index >= 15 is 0 Å². The average molecular weight is 565 g/mol. The molecule has 1 N–H and O–H groups in total. The fraction of sp³-hybridized carbons (Fsp3) is 0.290. The molecule has 1 aliphatic rings. The number of nitrogens with zero attached hydrogens (tertiary/aromatic N) is 7. The smallest absolute Gasteiger partial charge is 0.269 e. The molecule has 0 unspecified atom stereocenters. The normalized spacial score (nSPS) is 14.8. The van der Waals surface area contributed by atoms with Crippen molar-refractivity contribution >= 4 is 22.3 Å². The van der Waals surface area contributed by atoms with Crippen molar-refractivity contribution in [3.05, 3.63) is 121 Å². The molecule has 1 aliphatic heterocycles. The number of tetrazole rings is 1. The summed E-state index contributed by atoms with van der Waals surface area (Å²) in [7, 11) is 0. The lowest BCUT2D eigenvalue weighted by molar-refractivity contribution is -0.384. The van der Waals surface area contributed by atoms with Crippen LogP contribution in [0.25, 0.3) is 10.9 Å². The third-order valence-corrected chi connectivity index (χ3v) is 8.15. The summed E-state index contributed by atoms with van der Waals surface area (Å²) in [6.07, 6.45) is 0.756. The molecule has 11 nitrogen and oxygen atoms in total. The van der Waals surface area contributed by atoms with Crippen LogP contribution in [0.2, 0.25) is 0 Å². The van der Waals surface area contributed by atoms with Crippen LogP contribution in [0.15, 0.2) is 77.6 Å². The number of pyridine rings is 1. The van der Waals surface area contributed by atoms with E-state index in [-0.39, 0.29) is 11.2 Å². The molecular formula is C31H32N8O3. The lowest BCUT2D eigenvalue weighted by Crippen LogP contribution is -2.49. The number of hydrogen-bond acceptors (Lipinski definition) is 8. The zero-order valence-electron chi connectivity index (χ0n) is 23.6. The second-order valence-corrected chi connectivity index (χ2v) is 10.8. The molecule has 214 valence electrons. The first-order chi connectivity index (χ1) is 20.4. The summed E-state index contributed by atoms with van der Waals surface area (Å²) in [4.78, 5) is 31.9. The number of nitro benzene ring substituents is 1. The van der Waals surface area contributed by atoms with Crippen molar-refractivity contribution in [3.8, 4) is 0 Å². The number of hydrogen-bond donors (Lipinski definition) is 1. The molecule has 42 heavy (non-hydrogen) atoms. The minimum Gasteiger partial charge on any atom is -0.369 e. The van der Waals surface area contributed by atoms with Crippen molar-refractivity contribution < 1.29 is 4.92 Å². The van der Waals surface area contributed by atoms with Gasteiger partial charge in [-0.05, 0) is 83.1 Å². The molecular weight excluding hydrogens is 532 g/mol. The summed E-state index contributed by atoms with van der Waals surface area (Å²) >= 11 is 0. The molecule has 0 spiro atoms. The maximum atomic E-state index is 13.6. The van der Waals surface area contributed by atoms with Gasteiger partial charge in [-0.2, -0.15) is 0 Å². The van der Waals surface area contributed by atoms with E-state index in [2.05, 4.69) is 55.4 Å². The Morgan fingerprint density at radius 3 is 2.38 bits per heavy atom. The molecule has 1 atom stereocenters. The van der Waals surface area contributed by atoms with E-state index in [0.717, 1.165) is 34.1 Å². The minimum atomic E-state index is -0.454. The van der Waals surface area contributed by atoms with E-state index in [1.807, 2.05) is 41.9 Å². The maximum Gasteiger partial charge on any atom is 0.269 e. The van der Waals surface area contributed by atoms with Crippen molar-refractivity contribution in [3.63, 3.8) is 0 Å². The fourth-order valence-corrected chi connectivity index (χ4v) is 5.67. The van der Waals surface area contributed by atoms with Crippen LogP contribution >= 0.6 is 0 Å². The van der Waals surface area contributed by atoms with Crippen molar-refractivity contribution in [2.24, 2.45) is 0 Å². The highest BCUT2D eigenvalue weighted by Crippen LogP contribution is 2.30. The van der Waals surface area contributed by atoms with Gasteiger partial charge in [0.05, 0.1) is 4.92 Å². The largest absolute Gasteiger partial charge is 0.369 e. The lowest BCUT2D eigenvalue weighted by Gasteiger charge is -2.39. The summed E-state index contributed by atoms with van der Waals surface area (Å²) in [5.74, 6) is 0.628. The Hall–Kier alpha value is -4.90. The minimum absolute atomic E-state index is 0.0701. The van der Waals surface area contributed by atoms with Gasteiger partial charge in [0, 0.05) is 61.6 Å². The van der Waals surface area contributed by atoms with Crippen LogP contribution in [0, 0.1) is 24.0 Å². The SMILES string of the molecule is Cc1cc2cc([C@@H](c3nnnn3CCc3ccccc3)N3CCN(c4ccc([N+](=O)[O-])cc4)CC3)c(=O)[nH]c2cc1C. The van der Waals surface area contributed by atoms with Crippen molar-refractivity contribution in [2.75, 3.05) is 31.1 Å². The summed E-state index contributed by atoms with van der Waals surface area (Å²) < 4.78 is 1.81. The summed E-state index contributed by atoms with van der Waals surface area (Å²) in [5, 5.41) is 24.9. The Kier molecular flexibility index (Phi) is 7.49. The van der Waals surface area contributed by atoms with Crippen molar-refractivity contribution in [1.82, 2.24) is 30.1 Å². The first kappa shape index (κ1) is 27.3. The van der Waals surface area contributed by atoms with E-state index in [9.17, 15) is 14.9 Å². The van der Waals surface area contributed by atoms with Gasteiger partial charge in [-0.3, -0.25) is 19.8 Å². The molecule has 0 amide bonds. The van der Waals surface area contributed by atoms with Crippen molar-refractivity contribution in [1.29, 1.82) is 0 Å². The van der Waals surface area contributed by atoms with Crippen LogP contribution in [0.3, 0.4) is 0 Å². The van der Waals surface area contributed by atoms with E-state index < -0.39 is 11.0 Å². The van der Waals surface area contributed by atoms with Gasteiger partial charge >= 0.3 is 0 Å². The Labute approximate surface area is 242 Å². The van der Waals surface area contributed by atoms with Crippen LogP contribution in [0.1, 0.15) is 34.1 Å². The number of non-ortho nitro benzene ring substituents is 1. The summed E-state index contributed by atoms with van der Waals surface area (Å²) in [6.45, 7) is 7.35. The van der Waals surface area contributed by atoms with Gasteiger partial charge in [-0.15, -0.1) is 5.10 Å². The van der Waals surface area contributed by atoms with Gasteiger partial charge in [0.2, 0.25) is 0 Å². The van der Waals surface area contributed by atoms with E-state index in [0.29, 0.717) is 44.1 Å². The Bertz CT molecular complexity index is 1770. The summed E-state index contributed by atoms with van der Waals surface area (Å²) in [6, 6.07) is 22.5. The van der Waals surface area contributed by atoms with Gasteiger partial charge in [-0.25, -0.2) is 4.68 Å². The van der Waals surface area contributed by atoms with Crippen LogP contribution in [0.4, 0.5) is 11.4 Å². The number of piperazine rings is 1. The van der Waals surface area contributed by atoms with Gasteiger partial charge < -0.3 is 9.88 Å². The van der Waals surface area contributed by atoms with Crippen molar-refractivity contribution in [2.45, 2.75) is 32.9 Å². The highest BCUT2D eigenvalue weighted by molar-refractivity contribution is 5.81. The highest BCUT2D eigenvalue weighted by Gasteiger charge is 2.33. The van der Waals surface area contributed by atoms with Gasteiger partial charge in [0.15, 0.2) is 5.82 Å². The fourth-order valence-electron chi connectivity index (χ4n) is 5.67. The number of aromatic nitrogens is 5. The van der Waals surface area contributed by atoms with Gasteiger partial charge in [0.1, 0.15) is 6.04 Å². The van der Waals surface area contributed by atoms with Crippen LogP contribution < -0.4 is 10.5 Å². The molecule has 0 radical (unpaired) electrons. The number of anilines is 1. The zero-order chi connectivity index (χ0) is 29.2. The number of benzene rings is 3. The number of rotatable bonds is 8. The average Bonchev–Trinajstić information content (AvgIpc) is 3.46. The lowest BCUT2D eigenvalue weighted by atomic mass is 10.00. The Morgan fingerprint density at radius 2 is 1.67 bits per heavy atom. The first-order valence-electron chi connectivity index (χ1n) is 14.0. The second kappa shape index (κ2) is 11.5. The molecule has 3 heterocycles. The Balaban J connectivity index is 1.34. The van der Waals surface area contributed by atoms with Crippen LogP contribution in [0.5, 0.6) is 0 Å². The number of nitrogens with one attached hydrogen (secondary N) is 1.